The van der Waals surface area contributed by atoms with E-state index in [0.717, 1.165) is 34.0 Å². The maximum absolute atomic E-state index is 4.78. The second kappa shape index (κ2) is 15.3. The molecule has 0 aliphatic heterocycles. The van der Waals surface area contributed by atoms with Crippen LogP contribution in [0.25, 0.3) is 104 Å². The van der Waals surface area contributed by atoms with Crippen molar-refractivity contribution in [1.29, 1.82) is 0 Å². The molecule has 0 atom stereocenters. The fourth-order valence-electron chi connectivity index (χ4n) is 8.32. The van der Waals surface area contributed by atoms with Crippen LogP contribution in [0.5, 0.6) is 0 Å². The van der Waals surface area contributed by atoms with Gasteiger partial charge < -0.3 is 0 Å². The maximum atomic E-state index is 4.78. The number of thiophene rings is 1. The van der Waals surface area contributed by atoms with E-state index in [1.807, 2.05) is 35.6 Å². The summed E-state index contributed by atoms with van der Waals surface area (Å²) < 4.78 is 4.70. The highest BCUT2D eigenvalue weighted by Crippen LogP contribution is 2.45. The number of hydrogen-bond acceptors (Lipinski definition) is 3. The predicted octanol–water partition coefficient (Wildman–Crippen LogP) is 15.3. The molecule has 11 rings (SSSR count). The lowest BCUT2D eigenvalue weighted by Gasteiger charge is -2.13. The minimum Gasteiger partial charge on any atom is -0.275 e. The normalized spacial score (nSPS) is 11.3. The van der Waals surface area contributed by atoms with Crippen molar-refractivity contribution in [2.45, 2.75) is 0 Å². The lowest BCUT2D eigenvalue weighted by Crippen LogP contribution is -2.00. The lowest BCUT2D eigenvalue weighted by molar-refractivity contribution is 1.07. The van der Waals surface area contributed by atoms with Gasteiger partial charge >= 0.3 is 0 Å². The number of para-hydroxylation sites is 1. The molecule has 282 valence electrons. The monoisotopic (exact) mass is 783 g/mol. The predicted molar refractivity (Wildman–Crippen MR) is 252 cm³/mol. The van der Waals surface area contributed by atoms with E-state index in [9.17, 15) is 0 Å². The summed E-state index contributed by atoms with van der Waals surface area (Å²) in [5, 5.41) is 12.0. The third kappa shape index (κ3) is 6.59. The first kappa shape index (κ1) is 35.5. The number of hydrogen-bond donors (Lipinski definition) is 0. The van der Waals surface area contributed by atoms with E-state index in [1.54, 1.807) is 0 Å². The first-order valence-electron chi connectivity index (χ1n) is 20.2. The summed E-state index contributed by atoms with van der Waals surface area (Å²) in [7, 11) is 0. The van der Waals surface area contributed by atoms with E-state index >= 15 is 0 Å². The lowest BCUT2D eigenvalue weighted by atomic mass is 9.93. The molecule has 0 amide bonds. The van der Waals surface area contributed by atoms with E-state index in [1.165, 1.54) is 70.2 Å². The minimum atomic E-state index is 0.800. The zero-order valence-electron chi connectivity index (χ0n) is 32.6. The molecule has 0 spiro atoms. The summed E-state index contributed by atoms with van der Waals surface area (Å²) in [6.07, 6.45) is 0. The molecule has 2 heterocycles. The van der Waals surface area contributed by atoms with Crippen molar-refractivity contribution in [1.82, 2.24) is 14.8 Å². The van der Waals surface area contributed by atoms with Crippen LogP contribution in [0.4, 0.5) is 0 Å². The third-order valence-electron chi connectivity index (χ3n) is 11.3. The van der Waals surface area contributed by atoms with Gasteiger partial charge in [-0.3, -0.25) is 4.57 Å². The second-order valence-corrected chi connectivity index (χ2v) is 16.1. The number of benzene rings is 9. The SMILES string of the molecule is c1ccc(-c2cccc(-c3ccc4sc5c(-c6ccc(-c7nnc(-c8ccccc8)n7-c7ccccc7)cc6)cc(-c6cccc(-c7ccccc7)c6)cc5c4c3)c2)cc1. The fraction of sp³-hybridized carbons (Fsp3) is 0. The van der Waals surface area contributed by atoms with Gasteiger partial charge in [-0.2, -0.15) is 0 Å². The van der Waals surface area contributed by atoms with Gasteiger partial charge in [-0.25, -0.2) is 0 Å². The van der Waals surface area contributed by atoms with Crippen LogP contribution in [-0.4, -0.2) is 14.8 Å². The highest BCUT2D eigenvalue weighted by Gasteiger charge is 2.19. The quantitative estimate of drug-likeness (QED) is 0.154. The van der Waals surface area contributed by atoms with Crippen molar-refractivity contribution in [3.8, 4) is 84.1 Å². The topological polar surface area (TPSA) is 30.7 Å². The van der Waals surface area contributed by atoms with Crippen LogP contribution in [0.1, 0.15) is 0 Å². The first-order valence-corrected chi connectivity index (χ1v) is 21.0. The summed E-state index contributed by atoms with van der Waals surface area (Å²) in [4.78, 5) is 0. The molecule has 11 aromatic rings. The largest absolute Gasteiger partial charge is 0.275 e. The Morgan fingerprint density at radius 3 is 1.30 bits per heavy atom. The van der Waals surface area contributed by atoms with Gasteiger partial charge in [0.15, 0.2) is 11.6 Å². The van der Waals surface area contributed by atoms with Crippen LogP contribution in [0, 0.1) is 0 Å². The molecule has 4 heteroatoms. The standard InChI is InChI=1S/C56H37N3S/c1-5-15-38(16-6-1)43-21-13-23-45(33-43)47-31-32-53-51(35-47)52-37-48(46-24-14-22-44(34-46)39-17-7-2-8-18-39)36-50(54(52)60-53)40-27-29-42(30-28-40)56-58-57-55(41-19-9-3-10-20-41)59(56)49-25-11-4-12-26-49/h1-37H. The molecule has 0 radical (unpaired) electrons. The van der Waals surface area contributed by atoms with Gasteiger partial charge in [0.2, 0.25) is 0 Å². The summed E-state index contributed by atoms with van der Waals surface area (Å²) in [5.74, 6) is 1.61. The molecule has 0 bridgehead atoms. The molecule has 0 aliphatic carbocycles. The third-order valence-corrected chi connectivity index (χ3v) is 12.6. The Morgan fingerprint density at radius 2 is 0.717 bits per heavy atom. The van der Waals surface area contributed by atoms with Gasteiger partial charge in [0.25, 0.3) is 0 Å². The molecule has 9 aromatic carbocycles. The molecule has 0 saturated heterocycles. The maximum Gasteiger partial charge on any atom is 0.168 e. The average molecular weight is 784 g/mol. The molecule has 2 aromatic heterocycles. The Morgan fingerprint density at radius 1 is 0.300 bits per heavy atom. The molecule has 0 saturated carbocycles. The van der Waals surface area contributed by atoms with Crippen LogP contribution < -0.4 is 0 Å². The molecule has 3 nitrogen and oxygen atoms in total. The van der Waals surface area contributed by atoms with Crippen LogP contribution >= 0.6 is 11.3 Å². The number of aromatic nitrogens is 3. The Hall–Kier alpha value is -7.66. The van der Waals surface area contributed by atoms with Crippen LogP contribution in [-0.2, 0) is 0 Å². The number of rotatable bonds is 8. The molecular weight excluding hydrogens is 747 g/mol. The van der Waals surface area contributed by atoms with E-state index in [-0.39, 0.29) is 0 Å². The van der Waals surface area contributed by atoms with Crippen molar-refractivity contribution in [2.24, 2.45) is 0 Å². The molecule has 0 fully saturated rings. The summed E-state index contributed by atoms with van der Waals surface area (Å²) in [6.45, 7) is 0. The summed E-state index contributed by atoms with van der Waals surface area (Å²) in [5.41, 5.74) is 15.0. The molecule has 60 heavy (non-hydrogen) atoms. The molecular formula is C56H37N3S. The van der Waals surface area contributed by atoms with Crippen molar-refractivity contribution < 1.29 is 0 Å². The Bertz CT molecular complexity index is 3280. The average Bonchev–Trinajstić information content (AvgIpc) is 3.95. The second-order valence-electron chi connectivity index (χ2n) is 15.1. The smallest absolute Gasteiger partial charge is 0.168 e. The van der Waals surface area contributed by atoms with E-state index < -0.39 is 0 Å². The first-order chi connectivity index (χ1) is 29.7. The Balaban J connectivity index is 1.06. The van der Waals surface area contributed by atoms with Gasteiger partial charge in [-0.05, 0) is 98.6 Å². The Kier molecular flexibility index (Phi) is 9.03. The van der Waals surface area contributed by atoms with Crippen molar-refractivity contribution >= 4 is 31.5 Å². The molecule has 0 N–H and O–H groups in total. The van der Waals surface area contributed by atoms with Crippen molar-refractivity contribution in [3.05, 3.63) is 224 Å². The molecule has 0 unspecified atom stereocenters. The highest BCUT2D eigenvalue weighted by atomic mass is 32.1. The number of nitrogens with zero attached hydrogens (tertiary/aromatic N) is 3. The van der Waals surface area contributed by atoms with Gasteiger partial charge in [0, 0.05) is 42.6 Å². The summed E-state index contributed by atoms with van der Waals surface area (Å²) >= 11 is 1.87. The Labute approximate surface area is 353 Å². The van der Waals surface area contributed by atoms with Crippen LogP contribution in [0.15, 0.2) is 224 Å². The van der Waals surface area contributed by atoms with E-state index in [0.29, 0.717) is 0 Å². The fourth-order valence-corrected chi connectivity index (χ4v) is 9.52. The minimum absolute atomic E-state index is 0.800. The van der Waals surface area contributed by atoms with Crippen LogP contribution in [0.3, 0.4) is 0 Å². The van der Waals surface area contributed by atoms with Gasteiger partial charge in [-0.1, -0.05) is 176 Å². The van der Waals surface area contributed by atoms with Gasteiger partial charge in [0.1, 0.15) is 0 Å². The molecule has 0 aliphatic rings. The summed E-state index contributed by atoms with van der Waals surface area (Å²) in [6, 6.07) is 80.3. The van der Waals surface area contributed by atoms with Gasteiger partial charge in [0.05, 0.1) is 0 Å². The zero-order valence-corrected chi connectivity index (χ0v) is 33.4. The highest BCUT2D eigenvalue weighted by molar-refractivity contribution is 7.26. The van der Waals surface area contributed by atoms with E-state index in [4.69, 9.17) is 10.2 Å². The van der Waals surface area contributed by atoms with E-state index in [2.05, 4.69) is 205 Å². The number of fused-ring (bicyclic) bond motifs is 3. The van der Waals surface area contributed by atoms with Crippen molar-refractivity contribution in [2.75, 3.05) is 0 Å². The van der Waals surface area contributed by atoms with Crippen molar-refractivity contribution in [3.63, 3.8) is 0 Å². The zero-order chi connectivity index (χ0) is 39.8. The van der Waals surface area contributed by atoms with Gasteiger partial charge in [-0.15, -0.1) is 21.5 Å². The van der Waals surface area contributed by atoms with Crippen LogP contribution in [0.2, 0.25) is 0 Å².